The van der Waals surface area contributed by atoms with Gasteiger partial charge in [-0.2, -0.15) is 0 Å². The van der Waals surface area contributed by atoms with Gasteiger partial charge in [0.05, 0.1) is 11.2 Å². The van der Waals surface area contributed by atoms with E-state index in [1.54, 1.807) is 0 Å². The van der Waals surface area contributed by atoms with Crippen molar-refractivity contribution in [3.63, 3.8) is 0 Å². The standard InChI is InChI=1S/C20H18N2O/c1-13-7-6-9-16-18(22-20(2,3)23-19(13)16)15-11-14-8-4-5-10-17(14)21-12-15/h4-12H,1-3H3. The van der Waals surface area contributed by atoms with Gasteiger partial charge in [0.2, 0.25) is 0 Å². The second kappa shape index (κ2) is 4.92. The molecule has 0 atom stereocenters. The molecule has 1 aliphatic rings. The summed E-state index contributed by atoms with van der Waals surface area (Å²) < 4.78 is 6.08. The van der Waals surface area contributed by atoms with E-state index in [1.165, 1.54) is 0 Å². The van der Waals surface area contributed by atoms with E-state index in [0.717, 1.165) is 39.1 Å². The molecular weight excluding hydrogens is 284 g/mol. The van der Waals surface area contributed by atoms with Crippen LogP contribution in [0.3, 0.4) is 0 Å². The molecule has 3 aromatic rings. The maximum absolute atomic E-state index is 6.08. The van der Waals surface area contributed by atoms with Crippen LogP contribution >= 0.6 is 0 Å². The van der Waals surface area contributed by atoms with Gasteiger partial charge >= 0.3 is 0 Å². The lowest BCUT2D eigenvalue weighted by Gasteiger charge is -2.31. The van der Waals surface area contributed by atoms with Crippen molar-refractivity contribution in [2.75, 3.05) is 0 Å². The molecule has 0 aliphatic carbocycles. The summed E-state index contributed by atoms with van der Waals surface area (Å²) in [5.74, 6) is 0.913. The number of aryl methyl sites for hydroxylation is 1. The summed E-state index contributed by atoms with van der Waals surface area (Å²) >= 11 is 0. The summed E-state index contributed by atoms with van der Waals surface area (Å²) in [5, 5.41) is 1.12. The first kappa shape index (κ1) is 13.9. The van der Waals surface area contributed by atoms with Crippen molar-refractivity contribution in [1.29, 1.82) is 0 Å². The van der Waals surface area contributed by atoms with Crippen molar-refractivity contribution in [3.05, 3.63) is 71.4 Å². The zero-order valence-corrected chi connectivity index (χ0v) is 13.5. The molecule has 0 fully saturated rings. The first-order valence-electron chi connectivity index (χ1n) is 7.77. The van der Waals surface area contributed by atoms with Crippen LogP contribution in [0.15, 0.2) is 59.7 Å². The van der Waals surface area contributed by atoms with Crippen LogP contribution in [0.4, 0.5) is 0 Å². The molecule has 0 bridgehead atoms. The monoisotopic (exact) mass is 302 g/mol. The van der Waals surface area contributed by atoms with Crippen LogP contribution in [-0.4, -0.2) is 16.4 Å². The smallest absolute Gasteiger partial charge is 0.195 e. The molecule has 0 amide bonds. The quantitative estimate of drug-likeness (QED) is 0.663. The molecule has 0 saturated carbocycles. The van der Waals surface area contributed by atoms with E-state index in [0.29, 0.717) is 0 Å². The Balaban J connectivity index is 1.95. The predicted molar refractivity (Wildman–Crippen MR) is 93.3 cm³/mol. The average molecular weight is 302 g/mol. The number of fused-ring (bicyclic) bond motifs is 2. The van der Waals surface area contributed by atoms with Crippen molar-refractivity contribution < 1.29 is 4.74 Å². The Morgan fingerprint density at radius 2 is 1.83 bits per heavy atom. The molecule has 0 N–H and O–H groups in total. The third-order valence-corrected chi connectivity index (χ3v) is 4.06. The molecule has 2 heterocycles. The molecule has 0 radical (unpaired) electrons. The highest BCUT2D eigenvalue weighted by molar-refractivity contribution is 6.16. The van der Waals surface area contributed by atoms with Crippen molar-refractivity contribution >= 4 is 16.6 Å². The lowest BCUT2D eigenvalue weighted by Crippen LogP contribution is -2.32. The van der Waals surface area contributed by atoms with E-state index in [4.69, 9.17) is 9.73 Å². The number of pyridine rings is 1. The van der Waals surface area contributed by atoms with E-state index in [2.05, 4.69) is 36.2 Å². The number of para-hydroxylation sites is 2. The number of rotatable bonds is 1. The minimum atomic E-state index is -0.583. The molecule has 23 heavy (non-hydrogen) atoms. The zero-order chi connectivity index (χ0) is 16.0. The first-order chi connectivity index (χ1) is 11.0. The van der Waals surface area contributed by atoms with E-state index < -0.39 is 5.72 Å². The average Bonchev–Trinajstić information content (AvgIpc) is 2.54. The number of ether oxygens (including phenoxy) is 1. The maximum atomic E-state index is 6.08. The summed E-state index contributed by atoms with van der Waals surface area (Å²) in [6, 6.07) is 16.4. The Kier molecular flexibility index (Phi) is 2.98. The molecule has 1 aliphatic heterocycles. The van der Waals surface area contributed by atoms with Gasteiger partial charge in [0.25, 0.3) is 0 Å². The van der Waals surface area contributed by atoms with Gasteiger partial charge in [-0.1, -0.05) is 30.3 Å². The van der Waals surface area contributed by atoms with Gasteiger partial charge in [0.15, 0.2) is 5.72 Å². The lowest BCUT2D eigenvalue weighted by molar-refractivity contribution is 0.114. The van der Waals surface area contributed by atoms with Crippen LogP contribution in [0.25, 0.3) is 10.9 Å². The molecular formula is C20H18N2O. The number of nitrogens with zero attached hydrogens (tertiary/aromatic N) is 2. The number of benzene rings is 2. The van der Waals surface area contributed by atoms with Gasteiger partial charge in [-0.15, -0.1) is 0 Å². The Morgan fingerprint density at radius 3 is 2.70 bits per heavy atom. The first-order valence-corrected chi connectivity index (χ1v) is 7.77. The molecule has 114 valence electrons. The molecule has 3 nitrogen and oxygen atoms in total. The Labute approximate surface area is 135 Å². The minimum absolute atomic E-state index is 0.583. The fourth-order valence-electron chi connectivity index (χ4n) is 3.00. The maximum Gasteiger partial charge on any atom is 0.195 e. The van der Waals surface area contributed by atoms with E-state index in [9.17, 15) is 0 Å². The Morgan fingerprint density at radius 1 is 1.00 bits per heavy atom. The predicted octanol–water partition coefficient (Wildman–Crippen LogP) is 4.51. The minimum Gasteiger partial charge on any atom is -0.466 e. The highest BCUT2D eigenvalue weighted by Gasteiger charge is 2.29. The van der Waals surface area contributed by atoms with Gasteiger partial charge < -0.3 is 4.74 Å². The van der Waals surface area contributed by atoms with Crippen molar-refractivity contribution in [1.82, 2.24) is 4.98 Å². The van der Waals surface area contributed by atoms with Crippen molar-refractivity contribution in [2.24, 2.45) is 4.99 Å². The summed E-state index contributed by atoms with van der Waals surface area (Å²) in [6.45, 7) is 6.03. The number of hydrogen-bond acceptors (Lipinski definition) is 3. The molecule has 0 spiro atoms. The molecule has 0 saturated heterocycles. The topological polar surface area (TPSA) is 34.5 Å². The molecule has 1 aromatic heterocycles. The Bertz CT molecular complexity index is 941. The Hall–Kier alpha value is -2.68. The van der Waals surface area contributed by atoms with Gasteiger partial charge in [0, 0.05) is 22.7 Å². The fraction of sp³-hybridized carbons (Fsp3) is 0.200. The third-order valence-electron chi connectivity index (χ3n) is 4.06. The highest BCUT2D eigenvalue weighted by atomic mass is 16.5. The van der Waals surface area contributed by atoms with Crippen LogP contribution in [0.1, 0.15) is 30.5 Å². The van der Waals surface area contributed by atoms with Crippen LogP contribution in [0.5, 0.6) is 5.75 Å². The molecule has 0 unspecified atom stereocenters. The molecule has 3 heteroatoms. The summed E-state index contributed by atoms with van der Waals surface area (Å²) in [7, 11) is 0. The van der Waals surface area contributed by atoms with Crippen LogP contribution < -0.4 is 4.74 Å². The van der Waals surface area contributed by atoms with Crippen LogP contribution in [0.2, 0.25) is 0 Å². The SMILES string of the molecule is Cc1cccc2c1OC(C)(C)N=C2c1cnc2ccccc2c1. The van der Waals surface area contributed by atoms with Crippen molar-refractivity contribution in [2.45, 2.75) is 26.5 Å². The largest absolute Gasteiger partial charge is 0.466 e. The summed E-state index contributed by atoms with van der Waals surface area (Å²) in [5.41, 5.74) is 4.52. The van der Waals surface area contributed by atoms with Crippen LogP contribution in [0, 0.1) is 6.92 Å². The van der Waals surface area contributed by atoms with E-state index in [1.807, 2.05) is 44.3 Å². The van der Waals surface area contributed by atoms with Crippen LogP contribution in [-0.2, 0) is 0 Å². The summed E-state index contributed by atoms with van der Waals surface area (Å²) in [4.78, 5) is 9.41. The third kappa shape index (κ3) is 2.38. The van der Waals surface area contributed by atoms with Gasteiger partial charge in [-0.3, -0.25) is 4.98 Å². The van der Waals surface area contributed by atoms with Gasteiger partial charge in [0.1, 0.15) is 5.75 Å². The van der Waals surface area contributed by atoms with E-state index >= 15 is 0 Å². The fourth-order valence-corrected chi connectivity index (χ4v) is 3.00. The normalized spacial score (nSPS) is 15.7. The number of aromatic nitrogens is 1. The second-order valence-electron chi connectivity index (χ2n) is 6.38. The number of hydrogen-bond donors (Lipinski definition) is 0. The van der Waals surface area contributed by atoms with Gasteiger partial charge in [-0.25, -0.2) is 4.99 Å². The lowest BCUT2D eigenvalue weighted by atomic mass is 9.97. The van der Waals surface area contributed by atoms with Crippen molar-refractivity contribution in [3.8, 4) is 5.75 Å². The van der Waals surface area contributed by atoms with Gasteiger partial charge in [-0.05, 0) is 44.5 Å². The van der Waals surface area contributed by atoms with E-state index in [-0.39, 0.29) is 0 Å². The zero-order valence-electron chi connectivity index (χ0n) is 13.5. The molecule has 2 aromatic carbocycles. The second-order valence-corrected chi connectivity index (χ2v) is 6.38. The molecule has 4 rings (SSSR count). The summed E-state index contributed by atoms with van der Waals surface area (Å²) in [6.07, 6.45) is 1.90. The number of aliphatic imine (C=N–C) groups is 1. The highest BCUT2D eigenvalue weighted by Crippen LogP contribution is 2.35.